The zero-order chi connectivity index (χ0) is 17.1. The third kappa shape index (κ3) is 3.63. The molecule has 130 valence electrons. The minimum atomic E-state index is -0.305. The Labute approximate surface area is 144 Å². The first-order valence-corrected chi connectivity index (χ1v) is 9.25. The van der Waals surface area contributed by atoms with Crippen LogP contribution in [-0.2, 0) is 4.79 Å². The van der Waals surface area contributed by atoms with Crippen molar-refractivity contribution in [3.63, 3.8) is 0 Å². The molecular formula is C20H28N2O2. The van der Waals surface area contributed by atoms with Gasteiger partial charge in [0, 0.05) is 18.2 Å². The van der Waals surface area contributed by atoms with Crippen LogP contribution in [0.4, 0.5) is 0 Å². The highest BCUT2D eigenvalue weighted by Crippen LogP contribution is 2.23. The third-order valence-corrected chi connectivity index (χ3v) is 5.52. The number of aryl methyl sites for hydroxylation is 2. The SMILES string of the molecule is Cc1ccc(C(=O)N2CCC[C@H]2C(=O)NC2CCCCC2)cc1C. The topological polar surface area (TPSA) is 49.4 Å². The molecule has 1 atom stereocenters. The summed E-state index contributed by atoms with van der Waals surface area (Å²) in [6.07, 6.45) is 7.48. The number of carbonyl (C=O) groups is 2. The van der Waals surface area contributed by atoms with Crippen molar-refractivity contribution in [2.75, 3.05) is 6.54 Å². The molecule has 4 nitrogen and oxygen atoms in total. The average molecular weight is 328 g/mol. The molecule has 2 aliphatic rings. The maximum absolute atomic E-state index is 12.9. The van der Waals surface area contributed by atoms with Crippen LogP contribution in [0.3, 0.4) is 0 Å². The Bertz CT molecular complexity index is 620. The van der Waals surface area contributed by atoms with Gasteiger partial charge in [0.2, 0.25) is 5.91 Å². The molecule has 1 saturated carbocycles. The number of benzene rings is 1. The molecule has 1 aliphatic carbocycles. The summed E-state index contributed by atoms with van der Waals surface area (Å²) < 4.78 is 0. The molecule has 0 radical (unpaired) electrons. The van der Waals surface area contributed by atoms with Crippen molar-refractivity contribution in [1.82, 2.24) is 10.2 Å². The van der Waals surface area contributed by atoms with Crippen LogP contribution in [0.1, 0.15) is 66.4 Å². The Morgan fingerprint density at radius 2 is 1.75 bits per heavy atom. The van der Waals surface area contributed by atoms with E-state index in [0.29, 0.717) is 18.2 Å². The van der Waals surface area contributed by atoms with Gasteiger partial charge in [0.25, 0.3) is 5.91 Å². The van der Waals surface area contributed by atoms with Gasteiger partial charge in [-0.1, -0.05) is 25.3 Å². The first-order chi connectivity index (χ1) is 11.6. The number of carbonyl (C=O) groups excluding carboxylic acids is 2. The van der Waals surface area contributed by atoms with Crippen LogP contribution in [0.25, 0.3) is 0 Å². The van der Waals surface area contributed by atoms with Crippen molar-refractivity contribution in [3.05, 3.63) is 34.9 Å². The number of hydrogen-bond donors (Lipinski definition) is 1. The van der Waals surface area contributed by atoms with E-state index in [1.165, 1.54) is 24.8 Å². The van der Waals surface area contributed by atoms with E-state index in [2.05, 4.69) is 5.32 Å². The number of amides is 2. The van der Waals surface area contributed by atoms with Gasteiger partial charge in [0.1, 0.15) is 6.04 Å². The molecule has 3 rings (SSSR count). The van der Waals surface area contributed by atoms with Gasteiger partial charge in [-0.3, -0.25) is 9.59 Å². The van der Waals surface area contributed by atoms with E-state index in [1.807, 2.05) is 32.0 Å². The first kappa shape index (κ1) is 17.0. The van der Waals surface area contributed by atoms with E-state index in [-0.39, 0.29) is 17.9 Å². The number of nitrogens with zero attached hydrogens (tertiary/aromatic N) is 1. The van der Waals surface area contributed by atoms with E-state index in [0.717, 1.165) is 31.2 Å². The molecule has 4 heteroatoms. The Hall–Kier alpha value is -1.84. The minimum absolute atomic E-state index is 0.0144. The zero-order valence-corrected chi connectivity index (χ0v) is 14.8. The summed E-state index contributed by atoms with van der Waals surface area (Å²) in [6, 6.07) is 5.78. The summed E-state index contributed by atoms with van der Waals surface area (Å²) in [5.41, 5.74) is 2.98. The number of likely N-dealkylation sites (tertiary alicyclic amines) is 1. The average Bonchev–Trinajstić information content (AvgIpc) is 3.07. The van der Waals surface area contributed by atoms with E-state index in [9.17, 15) is 9.59 Å². The van der Waals surface area contributed by atoms with Gasteiger partial charge in [-0.05, 0) is 62.8 Å². The van der Waals surface area contributed by atoms with Gasteiger partial charge < -0.3 is 10.2 Å². The van der Waals surface area contributed by atoms with Crippen LogP contribution < -0.4 is 5.32 Å². The highest BCUT2D eigenvalue weighted by molar-refractivity contribution is 5.98. The fraction of sp³-hybridized carbons (Fsp3) is 0.600. The van der Waals surface area contributed by atoms with E-state index in [4.69, 9.17) is 0 Å². The molecule has 1 saturated heterocycles. The van der Waals surface area contributed by atoms with Crippen LogP contribution >= 0.6 is 0 Å². The lowest BCUT2D eigenvalue weighted by atomic mass is 9.95. The largest absolute Gasteiger partial charge is 0.352 e. The van der Waals surface area contributed by atoms with Gasteiger partial charge in [-0.15, -0.1) is 0 Å². The van der Waals surface area contributed by atoms with Crippen LogP contribution in [0.15, 0.2) is 18.2 Å². The first-order valence-electron chi connectivity index (χ1n) is 9.25. The van der Waals surface area contributed by atoms with Crippen molar-refractivity contribution in [2.45, 2.75) is 70.9 Å². The van der Waals surface area contributed by atoms with E-state index in [1.54, 1.807) is 4.90 Å². The number of nitrogens with one attached hydrogen (secondary N) is 1. The zero-order valence-electron chi connectivity index (χ0n) is 14.8. The molecule has 24 heavy (non-hydrogen) atoms. The second-order valence-corrected chi connectivity index (χ2v) is 7.30. The van der Waals surface area contributed by atoms with Crippen LogP contribution in [0.2, 0.25) is 0 Å². The van der Waals surface area contributed by atoms with Crippen LogP contribution in [0, 0.1) is 13.8 Å². The van der Waals surface area contributed by atoms with Crippen molar-refractivity contribution >= 4 is 11.8 Å². The molecule has 2 fully saturated rings. The van der Waals surface area contributed by atoms with Crippen molar-refractivity contribution in [1.29, 1.82) is 0 Å². The quantitative estimate of drug-likeness (QED) is 0.925. The molecule has 1 aromatic carbocycles. The van der Waals surface area contributed by atoms with Crippen LogP contribution in [-0.4, -0.2) is 35.3 Å². The maximum atomic E-state index is 12.9. The molecule has 1 heterocycles. The predicted octanol–water partition coefficient (Wildman–Crippen LogP) is 3.36. The lowest BCUT2D eigenvalue weighted by Gasteiger charge is -2.28. The summed E-state index contributed by atoms with van der Waals surface area (Å²) >= 11 is 0. The second kappa shape index (κ2) is 7.37. The molecular weight excluding hydrogens is 300 g/mol. The molecule has 2 amide bonds. The summed E-state index contributed by atoms with van der Waals surface area (Å²) in [5.74, 6) is 0.0241. The van der Waals surface area contributed by atoms with Crippen LogP contribution in [0.5, 0.6) is 0 Å². The standard InChI is InChI=1S/C20H28N2O2/c1-14-10-11-16(13-15(14)2)20(24)22-12-6-9-18(22)19(23)21-17-7-4-3-5-8-17/h10-11,13,17-18H,3-9,12H2,1-2H3,(H,21,23)/t18-/m0/s1. The van der Waals surface area contributed by atoms with Crippen molar-refractivity contribution < 1.29 is 9.59 Å². The Morgan fingerprint density at radius 1 is 1.00 bits per heavy atom. The highest BCUT2D eigenvalue weighted by Gasteiger charge is 2.35. The Kier molecular flexibility index (Phi) is 5.22. The van der Waals surface area contributed by atoms with Gasteiger partial charge in [0.05, 0.1) is 0 Å². The molecule has 0 bridgehead atoms. The monoisotopic (exact) mass is 328 g/mol. The van der Waals surface area contributed by atoms with Gasteiger partial charge in [-0.2, -0.15) is 0 Å². The fourth-order valence-corrected chi connectivity index (χ4v) is 3.87. The number of hydrogen-bond acceptors (Lipinski definition) is 2. The summed E-state index contributed by atoms with van der Waals surface area (Å²) in [4.78, 5) is 27.3. The molecule has 1 N–H and O–H groups in total. The molecule has 0 spiro atoms. The third-order valence-electron chi connectivity index (χ3n) is 5.52. The highest BCUT2D eigenvalue weighted by atomic mass is 16.2. The van der Waals surface area contributed by atoms with E-state index >= 15 is 0 Å². The summed E-state index contributed by atoms with van der Waals surface area (Å²) in [5, 5.41) is 3.18. The van der Waals surface area contributed by atoms with Gasteiger partial charge in [-0.25, -0.2) is 0 Å². The van der Waals surface area contributed by atoms with Crippen molar-refractivity contribution in [2.24, 2.45) is 0 Å². The lowest BCUT2D eigenvalue weighted by molar-refractivity contribution is -0.125. The smallest absolute Gasteiger partial charge is 0.254 e. The second-order valence-electron chi connectivity index (χ2n) is 7.30. The Morgan fingerprint density at radius 3 is 2.46 bits per heavy atom. The van der Waals surface area contributed by atoms with Crippen molar-refractivity contribution in [3.8, 4) is 0 Å². The number of rotatable bonds is 3. The van der Waals surface area contributed by atoms with Gasteiger partial charge >= 0.3 is 0 Å². The van der Waals surface area contributed by atoms with E-state index < -0.39 is 0 Å². The molecule has 0 aromatic heterocycles. The fourth-order valence-electron chi connectivity index (χ4n) is 3.87. The maximum Gasteiger partial charge on any atom is 0.254 e. The minimum Gasteiger partial charge on any atom is -0.352 e. The van der Waals surface area contributed by atoms with Gasteiger partial charge in [0.15, 0.2) is 0 Å². The molecule has 1 aliphatic heterocycles. The predicted molar refractivity (Wildman–Crippen MR) is 95.0 cm³/mol. The lowest BCUT2D eigenvalue weighted by Crippen LogP contribution is -2.49. The molecule has 0 unspecified atom stereocenters. The summed E-state index contributed by atoms with van der Waals surface area (Å²) in [6.45, 7) is 4.73. The summed E-state index contributed by atoms with van der Waals surface area (Å²) in [7, 11) is 0. The molecule has 1 aromatic rings. The Balaban J connectivity index is 1.68. The normalized spacial score (nSPS) is 21.8.